The van der Waals surface area contributed by atoms with E-state index in [1.54, 1.807) is 39.0 Å². The number of nitrogens with zero attached hydrogens (tertiary/aromatic N) is 2. The number of benzene rings is 1. The number of H-pyrrole nitrogens is 1. The first-order valence-electron chi connectivity index (χ1n) is 9.55. The molecule has 0 aliphatic heterocycles. The highest BCUT2D eigenvalue weighted by molar-refractivity contribution is 7.18. The van der Waals surface area contributed by atoms with Crippen LogP contribution in [0.2, 0.25) is 0 Å². The van der Waals surface area contributed by atoms with E-state index in [2.05, 4.69) is 15.3 Å². The fourth-order valence-corrected chi connectivity index (χ4v) is 3.96. The number of hydrogen-bond donors (Lipinski definition) is 2. The summed E-state index contributed by atoms with van der Waals surface area (Å²) in [5, 5.41) is 12.3. The molecule has 2 aromatic heterocycles. The normalized spacial score (nSPS) is 11.5. The standard InChI is InChI=1S/C21H20N4O5S/c1-4-16(30-20(27)12-6-7-14-15(8-12)24-10-23-14)18(26)25-19-13(9-22)11(3)17(31-19)21(28)29-5-2/h6-8,10,16H,4-5H2,1-3H3,(H,23,24)(H,25,26). The van der Waals surface area contributed by atoms with Gasteiger partial charge < -0.3 is 19.8 Å². The van der Waals surface area contributed by atoms with Crippen molar-refractivity contribution in [3.05, 3.63) is 46.1 Å². The number of hydrogen-bond acceptors (Lipinski definition) is 8. The summed E-state index contributed by atoms with van der Waals surface area (Å²) in [6.45, 7) is 5.18. The number of thiophene rings is 1. The van der Waals surface area contributed by atoms with Gasteiger partial charge in [-0.05, 0) is 44.0 Å². The Morgan fingerprint density at radius 1 is 1.29 bits per heavy atom. The maximum atomic E-state index is 12.7. The van der Waals surface area contributed by atoms with Crippen molar-refractivity contribution in [1.29, 1.82) is 5.26 Å². The highest BCUT2D eigenvalue weighted by Gasteiger charge is 2.26. The Hall–Kier alpha value is -3.71. The molecule has 10 heteroatoms. The molecular weight excluding hydrogens is 420 g/mol. The van der Waals surface area contributed by atoms with E-state index in [1.165, 1.54) is 6.33 Å². The van der Waals surface area contributed by atoms with E-state index in [9.17, 15) is 19.6 Å². The molecule has 1 unspecified atom stereocenters. The number of nitrogens with one attached hydrogen (secondary N) is 2. The molecule has 2 heterocycles. The summed E-state index contributed by atoms with van der Waals surface area (Å²) < 4.78 is 10.4. The van der Waals surface area contributed by atoms with Crippen molar-refractivity contribution < 1.29 is 23.9 Å². The predicted octanol–water partition coefficient (Wildman–Crippen LogP) is 3.56. The molecule has 0 spiro atoms. The van der Waals surface area contributed by atoms with Crippen LogP contribution < -0.4 is 5.32 Å². The number of carbonyl (C=O) groups excluding carboxylic acids is 3. The fraction of sp³-hybridized carbons (Fsp3) is 0.286. The minimum absolute atomic E-state index is 0.173. The number of aromatic amines is 1. The van der Waals surface area contributed by atoms with Crippen LogP contribution in [-0.4, -0.2) is 40.5 Å². The Bertz CT molecular complexity index is 1190. The van der Waals surface area contributed by atoms with Crippen LogP contribution in [0.1, 0.15) is 51.4 Å². The van der Waals surface area contributed by atoms with Gasteiger partial charge in [0, 0.05) is 0 Å². The van der Waals surface area contributed by atoms with E-state index in [0.29, 0.717) is 16.6 Å². The van der Waals surface area contributed by atoms with Gasteiger partial charge in [-0.1, -0.05) is 6.92 Å². The number of nitriles is 1. The number of carbonyl (C=O) groups is 3. The summed E-state index contributed by atoms with van der Waals surface area (Å²) in [7, 11) is 0. The number of aromatic nitrogens is 2. The zero-order valence-corrected chi connectivity index (χ0v) is 18.0. The first-order chi connectivity index (χ1) is 14.9. The van der Waals surface area contributed by atoms with Crippen LogP contribution in [0, 0.1) is 18.3 Å². The fourth-order valence-electron chi connectivity index (χ4n) is 2.90. The molecule has 0 radical (unpaired) electrons. The van der Waals surface area contributed by atoms with Gasteiger partial charge in [0.2, 0.25) is 0 Å². The lowest BCUT2D eigenvalue weighted by atomic mass is 10.1. The third-order valence-electron chi connectivity index (χ3n) is 4.52. The van der Waals surface area contributed by atoms with Crippen molar-refractivity contribution in [2.75, 3.05) is 11.9 Å². The molecule has 0 saturated carbocycles. The molecule has 3 rings (SSSR count). The third-order valence-corrected chi connectivity index (χ3v) is 5.71. The zero-order valence-electron chi connectivity index (χ0n) is 17.1. The molecule has 1 amide bonds. The van der Waals surface area contributed by atoms with Crippen molar-refractivity contribution >= 4 is 45.2 Å². The lowest BCUT2D eigenvalue weighted by Crippen LogP contribution is -2.32. The molecule has 2 N–H and O–H groups in total. The summed E-state index contributed by atoms with van der Waals surface area (Å²) in [4.78, 5) is 44.6. The topological polar surface area (TPSA) is 134 Å². The van der Waals surface area contributed by atoms with Gasteiger partial charge in [-0.3, -0.25) is 4.79 Å². The van der Waals surface area contributed by atoms with Crippen molar-refractivity contribution in [2.24, 2.45) is 0 Å². The number of ether oxygens (including phenoxy) is 2. The maximum Gasteiger partial charge on any atom is 0.348 e. The van der Waals surface area contributed by atoms with Crippen LogP contribution in [0.5, 0.6) is 0 Å². The van der Waals surface area contributed by atoms with E-state index < -0.39 is 23.9 Å². The number of imidazole rings is 1. The van der Waals surface area contributed by atoms with Crippen LogP contribution in [0.25, 0.3) is 11.0 Å². The molecule has 0 bridgehead atoms. The zero-order chi connectivity index (χ0) is 22.5. The Labute approximate surface area is 182 Å². The highest BCUT2D eigenvalue weighted by atomic mass is 32.1. The van der Waals surface area contributed by atoms with Gasteiger partial charge in [0.15, 0.2) is 6.10 Å². The lowest BCUT2D eigenvalue weighted by molar-refractivity contribution is -0.124. The average molecular weight is 440 g/mol. The van der Waals surface area contributed by atoms with E-state index in [-0.39, 0.29) is 34.0 Å². The Balaban J connectivity index is 1.76. The largest absolute Gasteiger partial charge is 0.462 e. The predicted molar refractivity (Wildman–Crippen MR) is 114 cm³/mol. The first kappa shape index (κ1) is 22.0. The third kappa shape index (κ3) is 4.57. The van der Waals surface area contributed by atoms with Crippen molar-refractivity contribution in [2.45, 2.75) is 33.3 Å². The van der Waals surface area contributed by atoms with E-state index in [0.717, 1.165) is 11.3 Å². The van der Waals surface area contributed by atoms with Crippen molar-refractivity contribution in [3.8, 4) is 6.07 Å². The van der Waals surface area contributed by atoms with Crippen LogP contribution >= 0.6 is 11.3 Å². The van der Waals surface area contributed by atoms with Gasteiger partial charge in [0.25, 0.3) is 5.91 Å². The van der Waals surface area contributed by atoms with Crippen LogP contribution in [-0.2, 0) is 14.3 Å². The summed E-state index contributed by atoms with van der Waals surface area (Å²) >= 11 is 0.952. The highest BCUT2D eigenvalue weighted by Crippen LogP contribution is 2.33. The molecule has 31 heavy (non-hydrogen) atoms. The first-order valence-corrected chi connectivity index (χ1v) is 10.4. The molecule has 1 atom stereocenters. The molecule has 9 nitrogen and oxygen atoms in total. The Morgan fingerprint density at radius 2 is 2.06 bits per heavy atom. The van der Waals surface area contributed by atoms with Gasteiger partial charge in [-0.15, -0.1) is 11.3 Å². The molecular formula is C21H20N4O5S. The molecule has 0 fully saturated rings. The second-order valence-electron chi connectivity index (χ2n) is 6.52. The van der Waals surface area contributed by atoms with Gasteiger partial charge in [-0.25, -0.2) is 14.6 Å². The number of rotatable bonds is 7. The van der Waals surface area contributed by atoms with Crippen LogP contribution in [0.3, 0.4) is 0 Å². The SMILES string of the molecule is CCOC(=O)c1sc(NC(=O)C(CC)OC(=O)c2ccc3nc[nH]c3c2)c(C#N)c1C. The number of fused-ring (bicyclic) bond motifs is 1. The van der Waals surface area contributed by atoms with Crippen molar-refractivity contribution in [1.82, 2.24) is 9.97 Å². The lowest BCUT2D eigenvalue weighted by Gasteiger charge is -2.15. The molecule has 0 aliphatic rings. The number of anilines is 1. The van der Waals surface area contributed by atoms with E-state index in [4.69, 9.17) is 9.47 Å². The van der Waals surface area contributed by atoms with Gasteiger partial charge in [-0.2, -0.15) is 5.26 Å². The Kier molecular flexibility index (Phi) is 6.67. The second-order valence-corrected chi connectivity index (χ2v) is 7.54. The van der Waals surface area contributed by atoms with E-state index >= 15 is 0 Å². The number of esters is 2. The summed E-state index contributed by atoms with van der Waals surface area (Å²) in [5.41, 5.74) is 2.26. The smallest absolute Gasteiger partial charge is 0.348 e. The average Bonchev–Trinajstić information content (AvgIpc) is 3.35. The molecule has 160 valence electrons. The van der Waals surface area contributed by atoms with E-state index in [1.807, 2.05) is 6.07 Å². The quantitative estimate of drug-likeness (QED) is 0.536. The second kappa shape index (κ2) is 9.40. The van der Waals surface area contributed by atoms with Gasteiger partial charge >= 0.3 is 11.9 Å². The summed E-state index contributed by atoms with van der Waals surface area (Å²) in [6.07, 6.45) is 0.661. The minimum atomic E-state index is -1.08. The van der Waals surface area contributed by atoms with Gasteiger partial charge in [0.05, 0.1) is 35.1 Å². The Morgan fingerprint density at radius 3 is 2.74 bits per heavy atom. The van der Waals surface area contributed by atoms with Crippen LogP contribution in [0.15, 0.2) is 24.5 Å². The monoisotopic (exact) mass is 440 g/mol. The molecule has 3 aromatic rings. The van der Waals surface area contributed by atoms with Crippen molar-refractivity contribution in [3.63, 3.8) is 0 Å². The minimum Gasteiger partial charge on any atom is -0.462 e. The van der Waals surface area contributed by atoms with Gasteiger partial charge in [0.1, 0.15) is 15.9 Å². The maximum absolute atomic E-state index is 12.7. The molecule has 1 aromatic carbocycles. The molecule has 0 saturated heterocycles. The molecule has 0 aliphatic carbocycles. The summed E-state index contributed by atoms with van der Waals surface area (Å²) in [5.74, 6) is -1.81. The number of amides is 1. The summed E-state index contributed by atoms with van der Waals surface area (Å²) in [6, 6.07) is 6.83. The van der Waals surface area contributed by atoms with Crippen LogP contribution in [0.4, 0.5) is 5.00 Å².